The van der Waals surface area contributed by atoms with Gasteiger partial charge in [-0.2, -0.15) is 0 Å². The van der Waals surface area contributed by atoms with Crippen LogP contribution in [0.3, 0.4) is 0 Å². The molecule has 0 aromatic rings. The number of hydrogen-bond donors (Lipinski definition) is 1. The predicted molar refractivity (Wildman–Crippen MR) is 66.0 cm³/mol. The van der Waals surface area contributed by atoms with Crippen LogP contribution in [0.5, 0.6) is 0 Å². The summed E-state index contributed by atoms with van der Waals surface area (Å²) < 4.78 is 24.9. The van der Waals surface area contributed by atoms with E-state index in [0.29, 0.717) is 0 Å². The lowest BCUT2D eigenvalue weighted by Gasteiger charge is -2.24. The standard InChI is InChI=1S/C12H23NO2S/c13-11-8-2-1-3-9-12(11)16(14,15)10-6-4-5-7-10/h10-12H,1-9,13H2. The molecule has 0 aromatic carbocycles. The van der Waals surface area contributed by atoms with Gasteiger partial charge in [0.1, 0.15) is 0 Å². The molecule has 2 fully saturated rings. The molecule has 2 atom stereocenters. The Kier molecular flexibility index (Phi) is 3.90. The van der Waals surface area contributed by atoms with Crippen molar-refractivity contribution in [1.29, 1.82) is 0 Å². The maximum absolute atomic E-state index is 12.5. The van der Waals surface area contributed by atoms with E-state index in [1.807, 2.05) is 0 Å². The molecule has 2 aliphatic carbocycles. The molecular formula is C12H23NO2S. The Morgan fingerprint density at radius 2 is 1.38 bits per heavy atom. The van der Waals surface area contributed by atoms with Crippen LogP contribution in [0.2, 0.25) is 0 Å². The van der Waals surface area contributed by atoms with Crippen molar-refractivity contribution in [2.24, 2.45) is 5.73 Å². The van der Waals surface area contributed by atoms with Gasteiger partial charge >= 0.3 is 0 Å². The molecular weight excluding hydrogens is 222 g/mol. The predicted octanol–water partition coefficient (Wildman–Crippen LogP) is 2.00. The van der Waals surface area contributed by atoms with Gasteiger partial charge in [0, 0.05) is 6.04 Å². The Morgan fingerprint density at radius 3 is 2.06 bits per heavy atom. The number of sulfone groups is 1. The van der Waals surface area contributed by atoms with E-state index in [-0.39, 0.29) is 16.5 Å². The molecule has 4 heteroatoms. The molecule has 0 saturated heterocycles. The van der Waals surface area contributed by atoms with E-state index in [1.165, 1.54) is 0 Å². The van der Waals surface area contributed by atoms with Gasteiger partial charge in [0.25, 0.3) is 0 Å². The van der Waals surface area contributed by atoms with Crippen molar-refractivity contribution >= 4 is 9.84 Å². The number of nitrogens with two attached hydrogens (primary N) is 1. The van der Waals surface area contributed by atoms with Crippen LogP contribution < -0.4 is 5.73 Å². The summed E-state index contributed by atoms with van der Waals surface area (Å²) in [6.45, 7) is 0. The molecule has 0 aromatic heterocycles. The first kappa shape index (κ1) is 12.4. The van der Waals surface area contributed by atoms with Gasteiger partial charge in [0.15, 0.2) is 9.84 Å². The summed E-state index contributed by atoms with van der Waals surface area (Å²) in [6.07, 6.45) is 8.83. The highest BCUT2D eigenvalue weighted by Gasteiger charge is 2.38. The van der Waals surface area contributed by atoms with Crippen molar-refractivity contribution in [3.63, 3.8) is 0 Å². The first-order valence-corrected chi connectivity index (χ1v) is 8.21. The molecule has 2 aliphatic rings. The maximum atomic E-state index is 12.5. The second kappa shape index (κ2) is 5.05. The molecule has 0 spiro atoms. The van der Waals surface area contributed by atoms with Crippen LogP contribution in [0.25, 0.3) is 0 Å². The zero-order chi connectivity index (χ0) is 11.6. The monoisotopic (exact) mass is 245 g/mol. The van der Waals surface area contributed by atoms with Gasteiger partial charge in [-0.05, 0) is 25.7 Å². The highest BCUT2D eigenvalue weighted by atomic mass is 32.2. The van der Waals surface area contributed by atoms with E-state index < -0.39 is 9.84 Å². The molecule has 94 valence electrons. The van der Waals surface area contributed by atoms with Gasteiger partial charge in [-0.15, -0.1) is 0 Å². The Hall–Kier alpha value is -0.0900. The van der Waals surface area contributed by atoms with Gasteiger partial charge in [-0.3, -0.25) is 0 Å². The summed E-state index contributed by atoms with van der Waals surface area (Å²) in [5.41, 5.74) is 6.05. The molecule has 0 aliphatic heterocycles. The van der Waals surface area contributed by atoms with Crippen molar-refractivity contribution in [3.8, 4) is 0 Å². The summed E-state index contributed by atoms with van der Waals surface area (Å²) in [5.74, 6) is 0. The zero-order valence-corrected chi connectivity index (χ0v) is 10.7. The van der Waals surface area contributed by atoms with E-state index >= 15 is 0 Å². The van der Waals surface area contributed by atoms with Crippen LogP contribution in [0.1, 0.15) is 57.8 Å². The van der Waals surface area contributed by atoms with Crippen LogP contribution in [0.15, 0.2) is 0 Å². The lowest BCUT2D eigenvalue weighted by molar-refractivity contribution is 0.519. The molecule has 2 rings (SSSR count). The third-order valence-corrected chi connectivity index (χ3v) is 7.02. The highest BCUT2D eigenvalue weighted by Crippen LogP contribution is 2.32. The van der Waals surface area contributed by atoms with Crippen LogP contribution in [-0.2, 0) is 9.84 Å². The third-order valence-electron chi connectivity index (χ3n) is 4.19. The fraction of sp³-hybridized carbons (Fsp3) is 1.00. The normalized spacial score (nSPS) is 33.8. The molecule has 2 unspecified atom stereocenters. The summed E-state index contributed by atoms with van der Waals surface area (Å²) in [6, 6.07) is -0.117. The van der Waals surface area contributed by atoms with E-state index in [9.17, 15) is 8.42 Å². The van der Waals surface area contributed by atoms with Crippen LogP contribution in [-0.4, -0.2) is 25.0 Å². The smallest absolute Gasteiger partial charge is 0.157 e. The molecule has 0 heterocycles. The van der Waals surface area contributed by atoms with Gasteiger partial charge < -0.3 is 5.73 Å². The zero-order valence-electron chi connectivity index (χ0n) is 9.90. The van der Waals surface area contributed by atoms with Crippen molar-refractivity contribution in [3.05, 3.63) is 0 Å². The fourth-order valence-corrected chi connectivity index (χ4v) is 5.78. The lowest BCUT2D eigenvalue weighted by Crippen LogP contribution is -2.43. The minimum atomic E-state index is -2.96. The highest BCUT2D eigenvalue weighted by molar-refractivity contribution is 7.92. The second-order valence-electron chi connectivity index (χ2n) is 5.34. The van der Waals surface area contributed by atoms with Crippen molar-refractivity contribution < 1.29 is 8.42 Å². The number of rotatable bonds is 2. The van der Waals surface area contributed by atoms with Gasteiger partial charge in [-0.1, -0.05) is 32.1 Å². The SMILES string of the molecule is NC1CCCCCC1S(=O)(=O)C1CCCC1. The summed E-state index contributed by atoms with van der Waals surface area (Å²) in [7, 11) is -2.96. The molecule has 2 N–H and O–H groups in total. The minimum absolute atomic E-state index is 0.0818. The summed E-state index contributed by atoms with van der Waals surface area (Å²) in [5, 5.41) is -0.334. The van der Waals surface area contributed by atoms with Crippen LogP contribution >= 0.6 is 0 Å². The maximum Gasteiger partial charge on any atom is 0.157 e. The largest absolute Gasteiger partial charge is 0.327 e. The third kappa shape index (κ3) is 2.43. The fourth-order valence-electron chi connectivity index (χ4n) is 3.17. The topological polar surface area (TPSA) is 60.2 Å². The van der Waals surface area contributed by atoms with Crippen molar-refractivity contribution in [1.82, 2.24) is 0 Å². The molecule has 0 radical (unpaired) electrons. The molecule has 2 saturated carbocycles. The van der Waals surface area contributed by atoms with E-state index in [4.69, 9.17) is 5.73 Å². The van der Waals surface area contributed by atoms with Gasteiger partial charge in [0.05, 0.1) is 10.5 Å². The summed E-state index contributed by atoms with van der Waals surface area (Å²) >= 11 is 0. The first-order chi connectivity index (χ1) is 7.62. The molecule has 0 amide bonds. The molecule has 16 heavy (non-hydrogen) atoms. The average molecular weight is 245 g/mol. The summed E-state index contributed by atoms with van der Waals surface area (Å²) in [4.78, 5) is 0. The minimum Gasteiger partial charge on any atom is -0.327 e. The lowest BCUT2D eigenvalue weighted by atomic mass is 10.1. The van der Waals surface area contributed by atoms with E-state index in [0.717, 1.165) is 57.8 Å². The van der Waals surface area contributed by atoms with Crippen molar-refractivity contribution in [2.45, 2.75) is 74.3 Å². The van der Waals surface area contributed by atoms with E-state index in [1.54, 1.807) is 0 Å². The van der Waals surface area contributed by atoms with Gasteiger partial charge in [0.2, 0.25) is 0 Å². The Morgan fingerprint density at radius 1 is 0.812 bits per heavy atom. The van der Waals surface area contributed by atoms with Crippen LogP contribution in [0, 0.1) is 0 Å². The number of hydrogen-bond acceptors (Lipinski definition) is 3. The van der Waals surface area contributed by atoms with Gasteiger partial charge in [-0.25, -0.2) is 8.42 Å². The van der Waals surface area contributed by atoms with Crippen molar-refractivity contribution in [2.75, 3.05) is 0 Å². The molecule has 0 bridgehead atoms. The first-order valence-electron chi connectivity index (χ1n) is 6.60. The van der Waals surface area contributed by atoms with E-state index in [2.05, 4.69) is 0 Å². The Balaban J connectivity index is 2.13. The Bertz CT molecular complexity index is 320. The quantitative estimate of drug-likeness (QED) is 0.757. The second-order valence-corrected chi connectivity index (χ2v) is 7.79. The molecule has 3 nitrogen and oxygen atoms in total. The average Bonchev–Trinajstić information content (AvgIpc) is 2.69. The van der Waals surface area contributed by atoms with Crippen LogP contribution in [0.4, 0.5) is 0 Å². The Labute approximate surface area is 98.7 Å².